The smallest absolute Gasteiger partial charge is 0.163 e. The minimum absolute atomic E-state index is 0.0458. The predicted molar refractivity (Wildman–Crippen MR) is 65.5 cm³/mol. The molecule has 3 aliphatic heterocycles. The quantitative estimate of drug-likeness (QED) is 0.666. The van der Waals surface area contributed by atoms with Crippen molar-refractivity contribution in [2.24, 2.45) is 5.92 Å². The Morgan fingerprint density at radius 2 is 1.47 bits per heavy atom. The van der Waals surface area contributed by atoms with Gasteiger partial charge in [0, 0.05) is 5.92 Å². The number of ether oxygens (including phenoxy) is 5. The van der Waals surface area contributed by atoms with Gasteiger partial charge in [0.1, 0.15) is 18.3 Å². The van der Waals surface area contributed by atoms with Crippen LogP contribution in [0.1, 0.15) is 34.1 Å². The first-order valence-electron chi connectivity index (χ1n) is 7.18. The van der Waals surface area contributed by atoms with Gasteiger partial charge in [-0.1, -0.05) is 0 Å². The van der Waals surface area contributed by atoms with E-state index >= 15 is 0 Å². The highest BCUT2D eigenvalue weighted by Gasteiger charge is 2.62. The first-order valence-corrected chi connectivity index (χ1v) is 7.18. The summed E-state index contributed by atoms with van der Waals surface area (Å²) in [6.45, 7) is 8.38. The molecule has 0 N–H and O–H groups in total. The summed E-state index contributed by atoms with van der Waals surface area (Å²) >= 11 is 0. The monoisotopic (exact) mass is 270 g/mol. The van der Waals surface area contributed by atoms with E-state index in [0.29, 0.717) is 12.5 Å². The van der Waals surface area contributed by atoms with Crippen molar-refractivity contribution in [1.82, 2.24) is 0 Å². The van der Waals surface area contributed by atoms with E-state index in [2.05, 4.69) is 0 Å². The Kier molecular flexibility index (Phi) is 2.45. The molecule has 0 amide bonds. The van der Waals surface area contributed by atoms with Crippen molar-refractivity contribution in [3.05, 3.63) is 0 Å². The van der Waals surface area contributed by atoms with E-state index in [-0.39, 0.29) is 30.5 Å². The molecule has 3 saturated heterocycles. The summed E-state index contributed by atoms with van der Waals surface area (Å²) in [6, 6.07) is 0. The Hall–Kier alpha value is -0.200. The number of fused-ring (bicyclic) bond motifs is 5. The van der Waals surface area contributed by atoms with Gasteiger partial charge in [0.15, 0.2) is 11.6 Å². The molecule has 5 nitrogen and oxygen atoms in total. The Balaban J connectivity index is 1.64. The summed E-state index contributed by atoms with van der Waals surface area (Å²) in [7, 11) is 0. The second kappa shape index (κ2) is 3.71. The average Bonchev–Trinajstić information content (AvgIpc) is 2.98. The van der Waals surface area contributed by atoms with Crippen LogP contribution < -0.4 is 0 Å². The van der Waals surface area contributed by atoms with Crippen molar-refractivity contribution in [1.29, 1.82) is 0 Å². The van der Waals surface area contributed by atoms with E-state index in [1.54, 1.807) is 0 Å². The highest BCUT2D eigenvalue weighted by Crippen LogP contribution is 2.51. The van der Waals surface area contributed by atoms with Gasteiger partial charge in [-0.25, -0.2) is 0 Å². The van der Waals surface area contributed by atoms with E-state index < -0.39 is 11.6 Å². The van der Waals surface area contributed by atoms with Crippen LogP contribution in [0.2, 0.25) is 0 Å². The Morgan fingerprint density at radius 1 is 0.789 bits per heavy atom. The van der Waals surface area contributed by atoms with Gasteiger partial charge in [0.25, 0.3) is 0 Å². The Morgan fingerprint density at radius 3 is 2.26 bits per heavy atom. The molecule has 3 heterocycles. The molecule has 4 fully saturated rings. The van der Waals surface area contributed by atoms with Crippen LogP contribution >= 0.6 is 0 Å². The van der Waals surface area contributed by atoms with Crippen molar-refractivity contribution < 1.29 is 23.7 Å². The molecular weight excluding hydrogens is 248 g/mol. The lowest BCUT2D eigenvalue weighted by molar-refractivity contribution is -0.327. The van der Waals surface area contributed by atoms with Gasteiger partial charge in [-0.2, -0.15) is 0 Å². The number of hydrogen-bond donors (Lipinski definition) is 0. The molecule has 0 aromatic heterocycles. The normalized spacial score (nSPS) is 53.7. The van der Waals surface area contributed by atoms with Crippen LogP contribution in [0, 0.1) is 5.92 Å². The summed E-state index contributed by atoms with van der Waals surface area (Å²) in [4.78, 5) is 0. The van der Waals surface area contributed by atoms with E-state index in [0.717, 1.165) is 6.42 Å². The van der Waals surface area contributed by atoms with Crippen LogP contribution in [0.3, 0.4) is 0 Å². The molecule has 1 saturated carbocycles. The largest absolute Gasteiger partial charge is 0.369 e. The summed E-state index contributed by atoms with van der Waals surface area (Å²) in [6.07, 6.45) is 1.23. The zero-order chi connectivity index (χ0) is 13.4. The fraction of sp³-hybridized carbons (Fsp3) is 1.00. The van der Waals surface area contributed by atoms with E-state index in [1.807, 2.05) is 27.7 Å². The molecule has 108 valence electrons. The van der Waals surface area contributed by atoms with Crippen LogP contribution in [0.15, 0.2) is 0 Å². The maximum Gasteiger partial charge on any atom is 0.163 e. The SMILES string of the molecule is CC1(C)OCC2O[C@H]3C[C@H]3C3OC(C)(C)O[C@H]3[C@@H]2O1. The number of rotatable bonds is 0. The van der Waals surface area contributed by atoms with Crippen LogP contribution in [0.4, 0.5) is 0 Å². The molecule has 4 aliphatic rings. The summed E-state index contributed by atoms with van der Waals surface area (Å²) < 4.78 is 30.1. The first-order chi connectivity index (χ1) is 8.85. The van der Waals surface area contributed by atoms with Crippen molar-refractivity contribution in [3.8, 4) is 0 Å². The minimum atomic E-state index is -0.584. The average molecular weight is 270 g/mol. The lowest BCUT2D eigenvalue weighted by atomic mass is 9.99. The molecule has 0 bridgehead atoms. The lowest BCUT2D eigenvalue weighted by Crippen LogP contribution is -2.56. The third-order valence-electron chi connectivity index (χ3n) is 4.42. The molecule has 0 spiro atoms. The zero-order valence-electron chi connectivity index (χ0n) is 11.9. The van der Waals surface area contributed by atoms with Crippen molar-refractivity contribution in [2.45, 2.75) is 76.2 Å². The molecule has 19 heavy (non-hydrogen) atoms. The highest BCUT2D eigenvalue weighted by molar-refractivity contribution is 5.07. The van der Waals surface area contributed by atoms with Crippen molar-refractivity contribution in [2.75, 3.05) is 6.61 Å². The van der Waals surface area contributed by atoms with Crippen molar-refractivity contribution >= 4 is 0 Å². The second-order valence-electron chi connectivity index (χ2n) is 6.97. The van der Waals surface area contributed by atoms with E-state index in [9.17, 15) is 0 Å². The van der Waals surface area contributed by atoms with Gasteiger partial charge in [0.2, 0.25) is 0 Å². The maximum absolute atomic E-state index is 6.11. The highest BCUT2D eigenvalue weighted by atomic mass is 16.8. The van der Waals surface area contributed by atoms with Crippen LogP contribution in [0.5, 0.6) is 0 Å². The molecule has 0 aromatic carbocycles. The lowest BCUT2D eigenvalue weighted by Gasteiger charge is -2.42. The standard InChI is InChI=1S/C14H22O5/c1-13(2)15-6-9-11(18-13)12-10(7-5-8(7)16-9)17-14(3,4)19-12/h7-12H,5-6H2,1-4H3/t7-,8+,9?,10?,11-,12-/m1/s1. The molecule has 2 unspecified atom stereocenters. The maximum atomic E-state index is 6.11. The van der Waals surface area contributed by atoms with Crippen molar-refractivity contribution in [3.63, 3.8) is 0 Å². The fourth-order valence-corrected chi connectivity index (χ4v) is 3.53. The molecule has 5 heteroatoms. The molecule has 4 rings (SSSR count). The van der Waals surface area contributed by atoms with Crippen LogP contribution in [-0.4, -0.2) is 48.7 Å². The van der Waals surface area contributed by atoms with Gasteiger partial charge < -0.3 is 23.7 Å². The molecule has 0 aromatic rings. The van der Waals surface area contributed by atoms with Gasteiger partial charge in [-0.15, -0.1) is 0 Å². The third kappa shape index (κ3) is 2.03. The van der Waals surface area contributed by atoms with Gasteiger partial charge in [-0.3, -0.25) is 0 Å². The molecule has 6 atom stereocenters. The van der Waals surface area contributed by atoms with Gasteiger partial charge >= 0.3 is 0 Å². The Labute approximate surface area is 113 Å². The topological polar surface area (TPSA) is 46.2 Å². The predicted octanol–water partition coefficient (Wildman–Crippen LogP) is 1.45. The Bertz CT molecular complexity index is 393. The second-order valence-corrected chi connectivity index (χ2v) is 6.97. The molecular formula is C14H22O5. The summed E-state index contributed by atoms with van der Waals surface area (Å²) in [5, 5.41) is 0. The van der Waals surface area contributed by atoms with Crippen LogP contribution in [-0.2, 0) is 23.7 Å². The minimum Gasteiger partial charge on any atom is -0.369 e. The van der Waals surface area contributed by atoms with Gasteiger partial charge in [-0.05, 0) is 34.1 Å². The third-order valence-corrected chi connectivity index (χ3v) is 4.42. The summed E-state index contributed by atoms with van der Waals surface area (Å²) in [5.41, 5.74) is 0. The first kappa shape index (κ1) is 12.5. The zero-order valence-corrected chi connectivity index (χ0v) is 11.9. The molecule has 1 aliphatic carbocycles. The summed E-state index contributed by atoms with van der Waals surface area (Å²) in [5.74, 6) is -0.667. The van der Waals surface area contributed by atoms with E-state index in [4.69, 9.17) is 23.7 Å². The van der Waals surface area contributed by atoms with Gasteiger partial charge in [0.05, 0.1) is 18.8 Å². The van der Waals surface area contributed by atoms with E-state index in [1.165, 1.54) is 0 Å². The molecule has 0 radical (unpaired) electrons. The fourth-order valence-electron chi connectivity index (χ4n) is 3.53. The number of hydrogen-bond acceptors (Lipinski definition) is 5. The van der Waals surface area contributed by atoms with Crippen LogP contribution in [0.25, 0.3) is 0 Å².